The predicted molar refractivity (Wildman–Crippen MR) is 105 cm³/mol. The highest BCUT2D eigenvalue weighted by atomic mass is 16.5. The first-order valence-electron chi connectivity index (χ1n) is 10.3. The Kier molecular flexibility index (Phi) is 5.72. The van der Waals surface area contributed by atoms with E-state index < -0.39 is 0 Å². The number of hydrogen-bond donors (Lipinski definition) is 1. The van der Waals surface area contributed by atoms with Crippen LogP contribution in [0.4, 0.5) is 5.69 Å². The third-order valence-electron chi connectivity index (χ3n) is 6.72. The van der Waals surface area contributed by atoms with Crippen LogP contribution in [0, 0.1) is 16.7 Å². The number of β-amino-alcohol motifs (C(OH)–C–C–N with tert-alkyl or cyclic N) is 1. The number of ether oxygens (including phenoxy) is 2. The highest BCUT2D eigenvalue weighted by molar-refractivity contribution is 5.63. The molecule has 152 valence electrons. The average molecular weight is 386 g/mol. The van der Waals surface area contributed by atoms with Gasteiger partial charge in [-0.15, -0.1) is 0 Å². The summed E-state index contributed by atoms with van der Waals surface area (Å²) in [5.41, 5.74) is 1.58. The minimum atomic E-state index is -0.251. The van der Waals surface area contributed by atoms with Crippen LogP contribution in [0.5, 0.6) is 5.88 Å². The summed E-state index contributed by atoms with van der Waals surface area (Å²) in [6.45, 7) is 5.29. The van der Waals surface area contributed by atoms with Crippen LogP contribution in [0.1, 0.15) is 37.7 Å². The van der Waals surface area contributed by atoms with E-state index >= 15 is 0 Å². The van der Waals surface area contributed by atoms with Gasteiger partial charge < -0.3 is 19.5 Å². The summed E-state index contributed by atoms with van der Waals surface area (Å²) in [4.78, 5) is 8.95. The van der Waals surface area contributed by atoms with Gasteiger partial charge in [-0.25, -0.2) is 4.98 Å². The minimum Gasteiger partial charge on any atom is -0.480 e. The van der Waals surface area contributed by atoms with Crippen molar-refractivity contribution in [3.63, 3.8) is 0 Å². The molecule has 1 unspecified atom stereocenters. The Labute approximate surface area is 166 Å². The van der Waals surface area contributed by atoms with Crippen molar-refractivity contribution < 1.29 is 14.6 Å². The van der Waals surface area contributed by atoms with Crippen LogP contribution in [0.25, 0.3) is 0 Å². The van der Waals surface area contributed by atoms with E-state index in [2.05, 4.69) is 20.9 Å². The van der Waals surface area contributed by atoms with E-state index in [0.29, 0.717) is 17.5 Å². The Morgan fingerprint density at radius 2 is 2.07 bits per heavy atom. The zero-order valence-corrected chi connectivity index (χ0v) is 16.6. The van der Waals surface area contributed by atoms with Crippen LogP contribution in [0.2, 0.25) is 0 Å². The molecule has 0 amide bonds. The normalized spacial score (nSPS) is 26.2. The van der Waals surface area contributed by atoms with E-state index in [0.717, 1.165) is 77.2 Å². The molecule has 1 spiro atoms. The second-order valence-corrected chi connectivity index (χ2v) is 8.44. The van der Waals surface area contributed by atoms with Crippen molar-refractivity contribution in [1.29, 1.82) is 5.26 Å². The van der Waals surface area contributed by atoms with Crippen LogP contribution in [-0.2, 0) is 4.74 Å². The quantitative estimate of drug-likeness (QED) is 0.848. The highest BCUT2D eigenvalue weighted by Crippen LogP contribution is 2.42. The molecule has 0 aromatic carbocycles. The van der Waals surface area contributed by atoms with Crippen molar-refractivity contribution in [3.8, 4) is 11.9 Å². The molecule has 7 nitrogen and oxygen atoms in total. The number of nitriles is 1. The second kappa shape index (κ2) is 8.24. The van der Waals surface area contributed by atoms with E-state index in [9.17, 15) is 10.4 Å². The van der Waals surface area contributed by atoms with E-state index in [4.69, 9.17) is 9.47 Å². The van der Waals surface area contributed by atoms with Crippen molar-refractivity contribution in [1.82, 2.24) is 9.88 Å². The lowest BCUT2D eigenvalue weighted by atomic mass is 9.71. The third kappa shape index (κ3) is 3.82. The van der Waals surface area contributed by atoms with Crippen molar-refractivity contribution >= 4 is 5.69 Å². The van der Waals surface area contributed by atoms with Gasteiger partial charge in [-0.3, -0.25) is 4.90 Å². The van der Waals surface area contributed by atoms with Gasteiger partial charge in [0.15, 0.2) is 0 Å². The third-order valence-corrected chi connectivity index (χ3v) is 6.72. The summed E-state index contributed by atoms with van der Waals surface area (Å²) < 4.78 is 10.8. The highest BCUT2D eigenvalue weighted by Gasteiger charge is 2.43. The number of likely N-dealkylation sites (tertiary alicyclic amines) is 1. The largest absolute Gasteiger partial charge is 0.480 e. The van der Waals surface area contributed by atoms with Crippen molar-refractivity contribution in [2.24, 2.45) is 5.41 Å². The SMILES string of the molecule is COc1nccc(N2CCC3(CC2)CC(O)CN(C2CCOCC2)C3)c1C#N. The standard InChI is InChI=1S/C21H30N4O3/c1-27-20-18(13-22)19(2-7-23-20)24-8-5-21(6-9-24)12-17(26)14-25(15-21)16-3-10-28-11-4-16/h2,7,16-17,26H,3-6,8-12,14-15H2,1H3. The summed E-state index contributed by atoms with van der Waals surface area (Å²) in [6, 6.07) is 4.69. The fourth-order valence-corrected chi connectivity index (χ4v) is 5.26. The molecule has 0 saturated carbocycles. The lowest BCUT2D eigenvalue weighted by Crippen LogP contribution is -2.57. The molecule has 7 heteroatoms. The summed E-state index contributed by atoms with van der Waals surface area (Å²) in [5.74, 6) is 0.388. The Bertz CT molecular complexity index is 721. The Hall–Kier alpha value is -1.88. The number of anilines is 1. The average Bonchev–Trinajstić information content (AvgIpc) is 2.74. The summed E-state index contributed by atoms with van der Waals surface area (Å²) in [6.07, 6.45) is 6.52. The van der Waals surface area contributed by atoms with Gasteiger partial charge in [0.2, 0.25) is 5.88 Å². The lowest BCUT2D eigenvalue weighted by molar-refractivity contribution is -0.0601. The van der Waals surface area contributed by atoms with Crippen LogP contribution in [0.15, 0.2) is 12.3 Å². The Balaban J connectivity index is 1.46. The van der Waals surface area contributed by atoms with Gasteiger partial charge in [-0.1, -0.05) is 0 Å². The second-order valence-electron chi connectivity index (χ2n) is 8.44. The fourth-order valence-electron chi connectivity index (χ4n) is 5.26. The monoisotopic (exact) mass is 386 g/mol. The number of piperidine rings is 2. The molecule has 3 saturated heterocycles. The van der Waals surface area contributed by atoms with Gasteiger partial charge in [0.1, 0.15) is 11.6 Å². The zero-order valence-electron chi connectivity index (χ0n) is 16.6. The number of methoxy groups -OCH3 is 1. The fraction of sp³-hybridized carbons (Fsp3) is 0.714. The molecule has 0 aliphatic carbocycles. The first-order chi connectivity index (χ1) is 13.6. The molecule has 3 aliphatic heterocycles. The van der Waals surface area contributed by atoms with Crippen LogP contribution in [0.3, 0.4) is 0 Å². The van der Waals surface area contributed by atoms with Crippen LogP contribution < -0.4 is 9.64 Å². The van der Waals surface area contributed by atoms with E-state index in [1.165, 1.54) is 0 Å². The van der Waals surface area contributed by atoms with Gasteiger partial charge in [0.05, 0.1) is 18.9 Å². The molecule has 0 radical (unpaired) electrons. The number of aliphatic hydroxyl groups excluding tert-OH is 1. The summed E-state index contributed by atoms with van der Waals surface area (Å²) in [7, 11) is 1.55. The van der Waals surface area contributed by atoms with E-state index in [1.54, 1.807) is 13.3 Å². The molecule has 1 atom stereocenters. The number of hydrogen-bond acceptors (Lipinski definition) is 7. The van der Waals surface area contributed by atoms with Crippen molar-refractivity contribution in [3.05, 3.63) is 17.8 Å². The van der Waals surface area contributed by atoms with Crippen LogP contribution >= 0.6 is 0 Å². The molecule has 1 aromatic rings. The van der Waals surface area contributed by atoms with Gasteiger partial charge in [-0.05, 0) is 43.6 Å². The Morgan fingerprint density at radius 3 is 2.75 bits per heavy atom. The summed E-state index contributed by atoms with van der Waals surface area (Å²) in [5, 5.41) is 20.2. The van der Waals surface area contributed by atoms with E-state index in [-0.39, 0.29) is 11.5 Å². The molecule has 3 fully saturated rings. The van der Waals surface area contributed by atoms with Gasteiger partial charge in [-0.2, -0.15) is 5.26 Å². The van der Waals surface area contributed by atoms with Gasteiger partial charge >= 0.3 is 0 Å². The molecule has 4 heterocycles. The number of aliphatic hydroxyl groups is 1. The van der Waals surface area contributed by atoms with E-state index in [1.807, 2.05) is 6.07 Å². The van der Waals surface area contributed by atoms with Crippen molar-refractivity contribution in [2.45, 2.75) is 44.2 Å². The number of aromatic nitrogens is 1. The predicted octanol–water partition coefficient (Wildman–Crippen LogP) is 1.79. The molecule has 28 heavy (non-hydrogen) atoms. The lowest BCUT2D eigenvalue weighted by Gasteiger charge is -2.51. The van der Waals surface area contributed by atoms with Gasteiger partial charge in [0, 0.05) is 51.6 Å². The molecular formula is C21H30N4O3. The smallest absolute Gasteiger partial charge is 0.233 e. The first kappa shape index (κ1) is 19.4. The molecule has 4 rings (SSSR count). The number of rotatable bonds is 3. The molecule has 1 aromatic heterocycles. The maximum Gasteiger partial charge on any atom is 0.233 e. The first-order valence-corrected chi connectivity index (χ1v) is 10.3. The van der Waals surface area contributed by atoms with Crippen LogP contribution in [-0.4, -0.2) is 73.6 Å². The topological polar surface area (TPSA) is 81.8 Å². The number of pyridine rings is 1. The zero-order chi connectivity index (χ0) is 19.6. The molecule has 1 N–H and O–H groups in total. The maximum atomic E-state index is 10.6. The Morgan fingerprint density at radius 1 is 1.32 bits per heavy atom. The maximum absolute atomic E-state index is 10.6. The van der Waals surface area contributed by atoms with Crippen molar-refractivity contribution in [2.75, 3.05) is 51.4 Å². The summed E-state index contributed by atoms with van der Waals surface area (Å²) >= 11 is 0. The molecule has 3 aliphatic rings. The van der Waals surface area contributed by atoms with Gasteiger partial charge in [0.25, 0.3) is 0 Å². The molecule has 0 bridgehead atoms. The number of nitrogens with zero attached hydrogens (tertiary/aromatic N) is 4. The minimum absolute atomic E-state index is 0.163. The molecular weight excluding hydrogens is 356 g/mol.